The maximum atomic E-state index is 13.3. The molecule has 26 heavy (non-hydrogen) atoms. The van der Waals surface area contributed by atoms with Crippen molar-refractivity contribution in [3.63, 3.8) is 0 Å². The van der Waals surface area contributed by atoms with E-state index >= 15 is 0 Å². The zero-order valence-corrected chi connectivity index (χ0v) is 13.0. The number of nitrogens with zero attached hydrogens (tertiary/aromatic N) is 4. The third-order valence-electron chi connectivity index (χ3n) is 4.11. The van der Waals surface area contributed by atoms with E-state index in [1.54, 1.807) is 17.0 Å². The Balaban J connectivity index is 1.69. The summed E-state index contributed by atoms with van der Waals surface area (Å²) >= 11 is 0. The topological polar surface area (TPSA) is 56.7 Å². The highest BCUT2D eigenvalue weighted by molar-refractivity contribution is 5.58. The normalized spacial score (nSPS) is 18.9. The van der Waals surface area contributed by atoms with Crippen LogP contribution in [-0.4, -0.2) is 25.6 Å². The maximum absolute atomic E-state index is 13.3. The molecule has 1 aliphatic carbocycles. The smallest absolute Gasteiger partial charge is 0.334 e. The standard InChI is InChI=1S/C16H11F5N4O/c17-15(18)6-12(15)9-3-10(5-11(4-9)16(19,20)21)14-23-13(24-26-14)7-25-2-1-22-8-25/h1-5,8,12H,6-7H2. The predicted octanol–water partition coefficient (Wildman–Crippen LogP) is 4.12. The van der Waals surface area contributed by atoms with Gasteiger partial charge in [-0.2, -0.15) is 18.2 Å². The van der Waals surface area contributed by atoms with Crippen LogP contribution in [0.25, 0.3) is 11.5 Å². The molecule has 3 aromatic rings. The molecule has 1 fully saturated rings. The Kier molecular flexibility index (Phi) is 3.60. The Bertz CT molecular complexity index is 933. The van der Waals surface area contributed by atoms with Gasteiger partial charge in [0.05, 0.1) is 24.4 Å². The highest BCUT2D eigenvalue weighted by Gasteiger charge is 2.57. The molecule has 2 heterocycles. The summed E-state index contributed by atoms with van der Waals surface area (Å²) < 4.78 is 72.7. The van der Waals surface area contributed by atoms with Crippen molar-refractivity contribution < 1.29 is 26.5 Å². The molecule has 5 nitrogen and oxygen atoms in total. The first-order chi connectivity index (χ1) is 12.2. The van der Waals surface area contributed by atoms with Crippen LogP contribution >= 0.6 is 0 Å². The molecule has 0 spiro atoms. The third kappa shape index (κ3) is 3.18. The number of rotatable bonds is 4. The highest BCUT2D eigenvalue weighted by Crippen LogP contribution is 2.56. The lowest BCUT2D eigenvalue weighted by Gasteiger charge is -2.10. The van der Waals surface area contributed by atoms with Crippen LogP contribution in [-0.2, 0) is 12.7 Å². The van der Waals surface area contributed by atoms with Crippen LogP contribution in [0, 0.1) is 0 Å². The molecule has 10 heteroatoms. The minimum atomic E-state index is -4.67. The SMILES string of the molecule is FC(F)(F)c1cc(-c2nc(Cn3ccnc3)no2)cc(C2CC2(F)F)c1. The Morgan fingerprint density at radius 3 is 2.62 bits per heavy atom. The van der Waals surface area contributed by atoms with Gasteiger partial charge in [-0.25, -0.2) is 13.8 Å². The summed E-state index contributed by atoms with van der Waals surface area (Å²) in [7, 11) is 0. The number of aromatic nitrogens is 4. The van der Waals surface area contributed by atoms with E-state index in [9.17, 15) is 22.0 Å². The molecule has 0 amide bonds. The Morgan fingerprint density at radius 1 is 1.23 bits per heavy atom. The van der Waals surface area contributed by atoms with E-state index in [4.69, 9.17) is 4.52 Å². The summed E-state index contributed by atoms with van der Waals surface area (Å²) in [6.07, 6.45) is -0.408. The molecule has 1 aliphatic rings. The van der Waals surface area contributed by atoms with Gasteiger partial charge in [-0.1, -0.05) is 5.16 Å². The zero-order chi connectivity index (χ0) is 18.5. The van der Waals surface area contributed by atoms with Gasteiger partial charge < -0.3 is 9.09 Å². The number of alkyl halides is 5. The largest absolute Gasteiger partial charge is 0.416 e. The van der Waals surface area contributed by atoms with Gasteiger partial charge in [-0.15, -0.1) is 0 Å². The molecular weight excluding hydrogens is 359 g/mol. The van der Waals surface area contributed by atoms with Gasteiger partial charge in [0, 0.05) is 24.4 Å². The van der Waals surface area contributed by atoms with Crippen LogP contribution in [0.4, 0.5) is 22.0 Å². The molecular formula is C16H11F5N4O. The van der Waals surface area contributed by atoms with Crippen molar-refractivity contribution in [2.45, 2.75) is 31.0 Å². The first-order valence-corrected chi connectivity index (χ1v) is 7.61. The average Bonchev–Trinajstić information content (AvgIpc) is 3.00. The molecule has 1 aromatic carbocycles. The van der Waals surface area contributed by atoms with Gasteiger partial charge in [-0.05, 0) is 23.8 Å². The van der Waals surface area contributed by atoms with Crippen molar-refractivity contribution in [1.29, 1.82) is 0 Å². The van der Waals surface area contributed by atoms with Gasteiger partial charge in [0.1, 0.15) is 0 Å². The fourth-order valence-corrected chi connectivity index (χ4v) is 2.69. The third-order valence-corrected chi connectivity index (χ3v) is 4.11. The van der Waals surface area contributed by atoms with Crippen LogP contribution < -0.4 is 0 Å². The molecule has 2 aromatic heterocycles. The maximum Gasteiger partial charge on any atom is 0.416 e. The number of benzene rings is 1. The lowest BCUT2D eigenvalue weighted by molar-refractivity contribution is -0.137. The number of halogens is 5. The summed E-state index contributed by atoms with van der Waals surface area (Å²) in [5, 5.41) is 3.71. The molecule has 0 N–H and O–H groups in total. The van der Waals surface area contributed by atoms with E-state index in [1.807, 2.05) is 0 Å². The van der Waals surface area contributed by atoms with E-state index in [2.05, 4.69) is 15.1 Å². The molecule has 0 bridgehead atoms. The molecule has 136 valence electrons. The fraction of sp³-hybridized carbons (Fsp3) is 0.312. The lowest BCUT2D eigenvalue weighted by atomic mass is 10.0. The van der Waals surface area contributed by atoms with Gasteiger partial charge >= 0.3 is 6.18 Å². The lowest BCUT2D eigenvalue weighted by Crippen LogP contribution is -2.06. The Labute approximate surface area is 143 Å². The summed E-state index contributed by atoms with van der Waals surface area (Å²) in [6, 6.07) is 2.81. The van der Waals surface area contributed by atoms with E-state index < -0.39 is 30.0 Å². The van der Waals surface area contributed by atoms with Crippen molar-refractivity contribution in [2.75, 3.05) is 0 Å². The molecule has 4 rings (SSSR count). The van der Waals surface area contributed by atoms with Crippen LogP contribution in [0.3, 0.4) is 0 Å². The summed E-state index contributed by atoms with van der Waals surface area (Å²) in [6.45, 7) is 0.218. The second kappa shape index (κ2) is 5.61. The van der Waals surface area contributed by atoms with Crippen LogP contribution in [0.5, 0.6) is 0 Å². The number of imidazole rings is 1. The monoisotopic (exact) mass is 370 g/mol. The second-order valence-electron chi connectivity index (χ2n) is 6.11. The van der Waals surface area contributed by atoms with Crippen LogP contribution in [0.2, 0.25) is 0 Å². The second-order valence-corrected chi connectivity index (χ2v) is 6.11. The minimum Gasteiger partial charge on any atom is -0.334 e. The quantitative estimate of drug-likeness (QED) is 0.648. The molecule has 0 saturated heterocycles. The summed E-state index contributed by atoms with van der Waals surface area (Å²) in [4.78, 5) is 7.91. The average molecular weight is 370 g/mol. The Morgan fingerprint density at radius 2 is 2.00 bits per heavy atom. The van der Waals surface area contributed by atoms with Crippen LogP contribution in [0.15, 0.2) is 41.4 Å². The first kappa shape index (κ1) is 16.7. The van der Waals surface area contributed by atoms with E-state index in [1.165, 1.54) is 12.4 Å². The predicted molar refractivity (Wildman–Crippen MR) is 78.4 cm³/mol. The van der Waals surface area contributed by atoms with Crippen molar-refractivity contribution in [1.82, 2.24) is 19.7 Å². The molecule has 1 unspecified atom stereocenters. The van der Waals surface area contributed by atoms with Crippen molar-refractivity contribution in [3.05, 3.63) is 53.9 Å². The van der Waals surface area contributed by atoms with E-state index in [0.29, 0.717) is 0 Å². The summed E-state index contributed by atoms with van der Waals surface area (Å²) in [5.74, 6) is -4.13. The molecule has 1 saturated carbocycles. The van der Waals surface area contributed by atoms with Gasteiger partial charge in [-0.3, -0.25) is 0 Å². The number of hydrogen-bond donors (Lipinski definition) is 0. The number of hydrogen-bond acceptors (Lipinski definition) is 4. The van der Waals surface area contributed by atoms with Crippen molar-refractivity contribution >= 4 is 0 Å². The van der Waals surface area contributed by atoms with Crippen molar-refractivity contribution in [3.8, 4) is 11.5 Å². The molecule has 1 atom stereocenters. The molecule has 0 radical (unpaired) electrons. The minimum absolute atomic E-state index is 0.0399. The highest BCUT2D eigenvalue weighted by atomic mass is 19.4. The zero-order valence-electron chi connectivity index (χ0n) is 13.0. The van der Waals surface area contributed by atoms with E-state index in [-0.39, 0.29) is 29.4 Å². The van der Waals surface area contributed by atoms with Crippen molar-refractivity contribution in [2.24, 2.45) is 0 Å². The summed E-state index contributed by atoms with van der Waals surface area (Å²) in [5.41, 5.74) is -1.15. The first-order valence-electron chi connectivity index (χ1n) is 7.61. The van der Waals surface area contributed by atoms with Gasteiger partial charge in [0.2, 0.25) is 0 Å². The Hall–Kier alpha value is -2.78. The van der Waals surface area contributed by atoms with E-state index in [0.717, 1.165) is 12.1 Å². The van der Waals surface area contributed by atoms with Gasteiger partial charge in [0.15, 0.2) is 5.82 Å². The van der Waals surface area contributed by atoms with Gasteiger partial charge in [0.25, 0.3) is 11.8 Å². The molecule has 0 aliphatic heterocycles. The fourth-order valence-electron chi connectivity index (χ4n) is 2.69. The van der Waals surface area contributed by atoms with Crippen LogP contribution in [0.1, 0.15) is 29.3 Å².